The molecule has 0 aliphatic carbocycles. The van der Waals surface area contributed by atoms with Crippen LogP contribution in [0, 0.1) is 0 Å². The molecule has 0 saturated carbocycles. The lowest BCUT2D eigenvalue weighted by Crippen LogP contribution is -2.50. The van der Waals surface area contributed by atoms with Crippen LogP contribution in [0.5, 0.6) is 0 Å². The van der Waals surface area contributed by atoms with E-state index in [0.29, 0.717) is 25.2 Å². The maximum absolute atomic E-state index is 12.7. The second kappa shape index (κ2) is 5.87. The molecule has 8 nitrogen and oxygen atoms in total. The summed E-state index contributed by atoms with van der Waals surface area (Å²) in [5.74, 6) is 0.0404. The van der Waals surface area contributed by atoms with Gasteiger partial charge in [-0.3, -0.25) is 14.4 Å². The highest BCUT2D eigenvalue weighted by Gasteiger charge is 2.34. The van der Waals surface area contributed by atoms with Crippen molar-refractivity contribution in [3.63, 3.8) is 0 Å². The molecule has 2 aliphatic rings. The van der Waals surface area contributed by atoms with E-state index in [1.807, 2.05) is 56.8 Å². The van der Waals surface area contributed by atoms with Crippen molar-refractivity contribution in [3.8, 4) is 0 Å². The van der Waals surface area contributed by atoms with Crippen LogP contribution in [0.2, 0.25) is 0 Å². The van der Waals surface area contributed by atoms with E-state index in [1.165, 1.54) is 0 Å². The number of anilines is 1. The Morgan fingerprint density at radius 3 is 2.78 bits per heavy atom. The van der Waals surface area contributed by atoms with Crippen LogP contribution in [0.25, 0.3) is 5.52 Å². The molecule has 5 rings (SSSR count). The van der Waals surface area contributed by atoms with Crippen molar-refractivity contribution >= 4 is 23.1 Å². The van der Waals surface area contributed by atoms with Crippen LogP contribution in [-0.2, 0) is 0 Å². The normalized spacial score (nSPS) is 17.8. The summed E-state index contributed by atoms with van der Waals surface area (Å²) in [7, 11) is 1.80. The van der Waals surface area contributed by atoms with Crippen LogP contribution in [0.3, 0.4) is 0 Å². The third kappa shape index (κ3) is 2.56. The number of rotatable bonds is 3. The Kier molecular flexibility index (Phi) is 3.46. The number of likely N-dealkylation sites (N-methyl/N-ethyl adjacent to an activating group) is 1. The molecular formula is C19H20N6O2. The van der Waals surface area contributed by atoms with Crippen molar-refractivity contribution < 1.29 is 9.59 Å². The number of aromatic nitrogens is 3. The monoisotopic (exact) mass is 364 g/mol. The van der Waals surface area contributed by atoms with Gasteiger partial charge in [0.25, 0.3) is 5.91 Å². The fraction of sp³-hybridized carbons (Fsp3) is 0.316. The first kappa shape index (κ1) is 15.9. The molecule has 2 fully saturated rings. The van der Waals surface area contributed by atoms with Crippen molar-refractivity contribution in [2.45, 2.75) is 6.04 Å². The van der Waals surface area contributed by atoms with Gasteiger partial charge in [0.1, 0.15) is 0 Å². The zero-order chi connectivity index (χ0) is 18.5. The minimum Gasteiger partial charge on any atom is -0.334 e. The summed E-state index contributed by atoms with van der Waals surface area (Å²) in [4.78, 5) is 30.1. The summed E-state index contributed by atoms with van der Waals surface area (Å²) in [6.45, 7) is 2.65. The smallest absolute Gasteiger partial charge is 0.324 e. The number of urea groups is 1. The van der Waals surface area contributed by atoms with Gasteiger partial charge in [-0.25, -0.2) is 4.79 Å². The predicted molar refractivity (Wildman–Crippen MR) is 99.9 cm³/mol. The summed E-state index contributed by atoms with van der Waals surface area (Å²) in [6.07, 6.45) is 7.43. The molecule has 3 aromatic heterocycles. The second-order valence-electron chi connectivity index (χ2n) is 7.16. The van der Waals surface area contributed by atoms with E-state index >= 15 is 0 Å². The molecule has 0 unspecified atom stereocenters. The third-order valence-electron chi connectivity index (χ3n) is 5.39. The van der Waals surface area contributed by atoms with Gasteiger partial charge in [-0.15, -0.1) is 0 Å². The summed E-state index contributed by atoms with van der Waals surface area (Å²) < 4.78 is 3.81. The number of hydrogen-bond acceptors (Lipinski definition) is 3. The largest absolute Gasteiger partial charge is 0.334 e. The first-order valence-electron chi connectivity index (χ1n) is 9.03. The van der Waals surface area contributed by atoms with Gasteiger partial charge in [0.2, 0.25) is 0 Å². The van der Waals surface area contributed by atoms with Crippen LogP contribution >= 0.6 is 0 Å². The van der Waals surface area contributed by atoms with Gasteiger partial charge in [-0.05, 0) is 18.2 Å². The Bertz CT molecular complexity index is 999. The molecular weight excluding hydrogens is 344 g/mol. The molecule has 0 spiro atoms. The molecule has 8 heteroatoms. The number of carbonyl (C=O) groups is 2. The lowest BCUT2D eigenvalue weighted by Gasteiger charge is -2.39. The Morgan fingerprint density at radius 2 is 2.04 bits per heavy atom. The highest BCUT2D eigenvalue weighted by molar-refractivity contribution is 5.96. The zero-order valence-corrected chi connectivity index (χ0v) is 15.0. The molecule has 0 radical (unpaired) electrons. The topological polar surface area (TPSA) is 66.1 Å². The Hall–Kier alpha value is -3.29. The van der Waals surface area contributed by atoms with Gasteiger partial charge in [0.15, 0.2) is 0 Å². The minimum atomic E-state index is 0.000683. The van der Waals surface area contributed by atoms with Crippen LogP contribution in [-0.4, -0.2) is 69.1 Å². The standard InChI is InChI=1S/C19H20N6O2/c1-21-6-7-24(19(21)27)16-9-20-25(13-16)17-11-23(12-17)18(26)14-8-15-4-2-3-5-22(15)10-14/h2-5,8-10,13,17H,6-7,11-12H2,1H3. The van der Waals surface area contributed by atoms with Crippen molar-refractivity contribution in [3.05, 3.63) is 54.6 Å². The Morgan fingerprint density at radius 1 is 1.19 bits per heavy atom. The maximum atomic E-state index is 12.7. The van der Waals surface area contributed by atoms with Gasteiger partial charge in [0.05, 0.1) is 23.5 Å². The summed E-state index contributed by atoms with van der Waals surface area (Å²) in [5.41, 5.74) is 2.52. The van der Waals surface area contributed by atoms with Gasteiger partial charge in [-0.2, -0.15) is 5.10 Å². The second-order valence-corrected chi connectivity index (χ2v) is 7.16. The SMILES string of the molecule is CN1CCN(c2cnn(C3CN(C(=O)c4cc5ccccn5c4)C3)c2)C1=O. The van der Waals surface area contributed by atoms with E-state index in [2.05, 4.69) is 5.10 Å². The lowest BCUT2D eigenvalue weighted by atomic mass is 10.1. The molecule has 3 amide bonds. The number of fused-ring (bicyclic) bond motifs is 1. The Labute approximate surface area is 156 Å². The number of likely N-dealkylation sites (tertiary alicyclic amines) is 1. The number of hydrogen-bond donors (Lipinski definition) is 0. The Balaban J connectivity index is 1.25. The van der Waals surface area contributed by atoms with E-state index in [1.54, 1.807) is 23.0 Å². The van der Waals surface area contributed by atoms with Crippen LogP contribution in [0.15, 0.2) is 49.1 Å². The van der Waals surface area contributed by atoms with Crippen molar-refractivity contribution in [2.75, 3.05) is 38.1 Å². The molecule has 0 bridgehead atoms. The average Bonchev–Trinajstić information content (AvgIpc) is 3.33. The van der Waals surface area contributed by atoms with Crippen molar-refractivity contribution in [1.82, 2.24) is 24.0 Å². The number of nitrogens with zero attached hydrogens (tertiary/aromatic N) is 6. The number of carbonyl (C=O) groups excluding carboxylic acids is 2. The van der Waals surface area contributed by atoms with E-state index in [-0.39, 0.29) is 18.0 Å². The number of amides is 3. The summed E-state index contributed by atoms with van der Waals surface area (Å²) in [6, 6.07) is 7.95. The van der Waals surface area contributed by atoms with E-state index in [4.69, 9.17) is 0 Å². The highest BCUT2D eigenvalue weighted by atomic mass is 16.2. The fourth-order valence-corrected chi connectivity index (χ4v) is 3.70. The first-order valence-corrected chi connectivity index (χ1v) is 9.03. The van der Waals surface area contributed by atoms with Gasteiger partial charge >= 0.3 is 6.03 Å². The lowest BCUT2D eigenvalue weighted by molar-refractivity contribution is 0.0502. The van der Waals surface area contributed by atoms with Crippen LogP contribution in [0.4, 0.5) is 10.5 Å². The molecule has 138 valence electrons. The van der Waals surface area contributed by atoms with E-state index < -0.39 is 0 Å². The molecule has 5 heterocycles. The summed E-state index contributed by atoms with van der Waals surface area (Å²) in [5, 5.41) is 4.41. The van der Waals surface area contributed by atoms with Gasteiger partial charge in [-0.1, -0.05) is 6.07 Å². The van der Waals surface area contributed by atoms with E-state index in [0.717, 1.165) is 17.7 Å². The molecule has 0 N–H and O–H groups in total. The molecule has 0 atom stereocenters. The van der Waals surface area contributed by atoms with Gasteiger partial charge < -0.3 is 14.2 Å². The van der Waals surface area contributed by atoms with Gasteiger partial charge in [0, 0.05) is 57.3 Å². The van der Waals surface area contributed by atoms with E-state index in [9.17, 15) is 9.59 Å². The van der Waals surface area contributed by atoms with Crippen molar-refractivity contribution in [2.24, 2.45) is 0 Å². The predicted octanol–water partition coefficient (Wildman–Crippen LogP) is 1.70. The molecule has 3 aromatic rings. The molecule has 2 saturated heterocycles. The minimum absolute atomic E-state index is 0.000683. The van der Waals surface area contributed by atoms with Crippen molar-refractivity contribution in [1.29, 1.82) is 0 Å². The quantitative estimate of drug-likeness (QED) is 0.711. The fourth-order valence-electron chi connectivity index (χ4n) is 3.70. The zero-order valence-electron chi connectivity index (χ0n) is 15.0. The maximum Gasteiger partial charge on any atom is 0.324 e. The van der Waals surface area contributed by atoms with Crippen LogP contribution in [0.1, 0.15) is 16.4 Å². The molecule has 27 heavy (non-hydrogen) atoms. The molecule has 0 aromatic carbocycles. The average molecular weight is 364 g/mol. The third-order valence-corrected chi connectivity index (χ3v) is 5.39. The summed E-state index contributed by atoms with van der Waals surface area (Å²) >= 11 is 0. The highest BCUT2D eigenvalue weighted by Crippen LogP contribution is 2.26. The first-order chi connectivity index (χ1) is 13.1. The van der Waals surface area contributed by atoms with Crippen LogP contribution < -0.4 is 4.90 Å². The number of pyridine rings is 1. The molecule has 2 aliphatic heterocycles.